The summed E-state index contributed by atoms with van der Waals surface area (Å²) in [6, 6.07) is 5.93. The summed E-state index contributed by atoms with van der Waals surface area (Å²) < 4.78 is 9.67. The number of aromatic amines is 1. The Bertz CT molecular complexity index is 923. The molecule has 9 nitrogen and oxygen atoms in total. The van der Waals surface area contributed by atoms with Crippen LogP contribution in [-0.2, 0) is 30.3 Å². The molecule has 0 fully saturated rings. The summed E-state index contributed by atoms with van der Waals surface area (Å²) in [7, 11) is 1.24. The van der Waals surface area contributed by atoms with E-state index < -0.39 is 30.5 Å². The standard InChI is InChI=1S/C19H23N3O6/c1-4-11(2)17(19(26)27-3)20-15(23)10-28-16(24)9-14-12-7-5-6-8-13(12)18(25)22-21-14/h5-8,11,17H,4,9-10H2,1-3H3,(H,20,23)(H,22,25)/t11-,17-/m0/s1. The lowest BCUT2D eigenvalue weighted by molar-refractivity contribution is -0.150. The summed E-state index contributed by atoms with van der Waals surface area (Å²) in [4.78, 5) is 47.7. The molecule has 0 aliphatic carbocycles. The molecule has 2 rings (SSSR count). The number of benzene rings is 1. The van der Waals surface area contributed by atoms with E-state index >= 15 is 0 Å². The molecule has 28 heavy (non-hydrogen) atoms. The average Bonchev–Trinajstić information content (AvgIpc) is 2.71. The van der Waals surface area contributed by atoms with Gasteiger partial charge in [0.1, 0.15) is 6.04 Å². The minimum Gasteiger partial charge on any atom is -0.467 e. The minimum absolute atomic E-state index is 0.135. The number of nitrogens with zero attached hydrogens (tertiary/aromatic N) is 1. The Morgan fingerprint density at radius 2 is 1.89 bits per heavy atom. The number of carbonyl (C=O) groups is 3. The molecule has 0 unspecified atom stereocenters. The second kappa shape index (κ2) is 9.63. The van der Waals surface area contributed by atoms with Gasteiger partial charge in [0.15, 0.2) is 6.61 Å². The lowest BCUT2D eigenvalue weighted by Gasteiger charge is -2.21. The molecule has 0 aliphatic rings. The molecule has 0 aliphatic heterocycles. The number of ether oxygens (including phenoxy) is 2. The van der Waals surface area contributed by atoms with Crippen molar-refractivity contribution in [2.75, 3.05) is 13.7 Å². The van der Waals surface area contributed by atoms with Crippen LogP contribution in [0.4, 0.5) is 0 Å². The highest BCUT2D eigenvalue weighted by Crippen LogP contribution is 2.13. The second-order valence-electron chi connectivity index (χ2n) is 6.34. The van der Waals surface area contributed by atoms with E-state index in [1.54, 1.807) is 31.2 Å². The molecule has 9 heteroatoms. The zero-order chi connectivity index (χ0) is 20.7. The van der Waals surface area contributed by atoms with E-state index in [0.29, 0.717) is 22.9 Å². The van der Waals surface area contributed by atoms with Crippen LogP contribution >= 0.6 is 0 Å². The number of hydrogen-bond acceptors (Lipinski definition) is 7. The van der Waals surface area contributed by atoms with Gasteiger partial charge in [-0.1, -0.05) is 38.5 Å². The van der Waals surface area contributed by atoms with Crippen molar-refractivity contribution >= 4 is 28.6 Å². The van der Waals surface area contributed by atoms with Gasteiger partial charge in [-0.3, -0.25) is 14.4 Å². The highest BCUT2D eigenvalue weighted by molar-refractivity contribution is 5.88. The van der Waals surface area contributed by atoms with Crippen molar-refractivity contribution in [2.24, 2.45) is 5.92 Å². The van der Waals surface area contributed by atoms with Crippen molar-refractivity contribution in [1.29, 1.82) is 0 Å². The topological polar surface area (TPSA) is 127 Å². The zero-order valence-electron chi connectivity index (χ0n) is 16.0. The highest BCUT2D eigenvalue weighted by atomic mass is 16.5. The molecule has 1 heterocycles. The SMILES string of the molecule is CC[C@H](C)[C@H](NC(=O)COC(=O)Cc1n[nH]c(=O)c2ccccc12)C(=O)OC. The number of methoxy groups -OCH3 is 1. The van der Waals surface area contributed by atoms with E-state index in [1.807, 2.05) is 6.92 Å². The van der Waals surface area contributed by atoms with Crippen LogP contribution in [0, 0.1) is 5.92 Å². The summed E-state index contributed by atoms with van der Waals surface area (Å²) in [5, 5.41) is 9.69. The van der Waals surface area contributed by atoms with Crippen molar-refractivity contribution in [3.8, 4) is 0 Å². The molecule has 0 radical (unpaired) electrons. The molecule has 0 bridgehead atoms. The first-order valence-corrected chi connectivity index (χ1v) is 8.86. The van der Waals surface area contributed by atoms with Crippen molar-refractivity contribution < 1.29 is 23.9 Å². The molecule has 0 spiro atoms. The molecule has 2 atom stereocenters. The van der Waals surface area contributed by atoms with Gasteiger partial charge in [0.05, 0.1) is 24.6 Å². The number of nitrogens with one attached hydrogen (secondary N) is 2. The first-order chi connectivity index (χ1) is 13.4. The Kier molecular flexibility index (Phi) is 7.25. The van der Waals surface area contributed by atoms with E-state index in [4.69, 9.17) is 9.47 Å². The first-order valence-electron chi connectivity index (χ1n) is 8.86. The summed E-state index contributed by atoms with van der Waals surface area (Å²) in [5.74, 6) is -1.98. The number of esters is 2. The van der Waals surface area contributed by atoms with Gasteiger partial charge in [0.2, 0.25) is 0 Å². The predicted octanol–water partition coefficient (Wildman–Crippen LogP) is 0.713. The predicted molar refractivity (Wildman–Crippen MR) is 100 cm³/mol. The lowest BCUT2D eigenvalue weighted by Crippen LogP contribution is -2.47. The Morgan fingerprint density at radius 1 is 1.21 bits per heavy atom. The smallest absolute Gasteiger partial charge is 0.328 e. The summed E-state index contributed by atoms with van der Waals surface area (Å²) in [6.45, 7) is 3.15. The second-order valence-corrected chi connectivity index (χ2v) is 6.34. The Labute approximate surface area is 161 Å². The first kappa shape index (κ1) is 21.1. The van der Waals surface area contributed by atoms with E-state index in [-0.39, 0.29) is 17.9 Å². The zero-order valence-corrected chi connectivity index (χ0v) is 16.0. The van der Waals surface area contributed by atoms with Gasteiger partial charge >= 0.3 is 11.9 Å². The third-order valence-corrected chi connectivity index (χ3v) is 4.44. The van der Waals surface area contributed by atoms with Crippen molar-refractivity contribution in [3.63, 3.8) is 0 Å². The number of amides is 1. The van der Waals surface area contributed by atoms with Crippen molar-refractivity contribution in [3.05, 3.63) is 40.3 Å². The number of carbonyl (C=O) groups excluding carboxylic acids is 3. The van der Waals surface area contributed by atoms with Crippen LogP contribution in [0.1, 0.15) is 26.0 Å². The molecule has 1 amide bonds. The maximum atomic E-state index is 12.1. The summed E-state index contributed by atoms with van der Waals surface area (Å²) in [6.07, 6.45) is 0.446. The van der Waals surface area contributed by atoms with Gasteiger partial charge in [0, 0.05) is 5.39 Å². The van der Waals surface area contributed by atoms with Gasteiger partial charge in [-0.05, 0) is 12.0 Å². The molecular formula is C19H23N3O6. The van der Waals surface area contributed by atoms with Gasteiger partial charge in [-0.15, -0.1) is 0 Å². The maximum absolute atomic E-state index is 12.1. The normalized spacial score (nSPS) is 12.8. The Balaban J connectivity index is 1.97. The number of fused-ring (bicyclic) bond motifs is 1. The monoisotopic (exact) mass is 389 g/mol. The summed E-state index contributed by atoms with van der Waals surface area (Å²) >= 11 is 0. The van der Waals surface area contributed by atoms with Crippen LogP contribution in [0.15, 0.2) is 29.1 Å². The largest absolute Gasteiger partial charge is 0.467 e. The molecule has 2 N–H and O–H groups in total. The molecule has 2 aromatic rings. The van der Waals surface area contributed by atoms with E-state index in [9.17, 15) is 19.2 Å². The van der Waals surface area contributed by atoms with Crippen LogP contribution < -0.4 is 10.9 Å². The van der Waals surface area contributed by atoms with Gasteiger partial charge in [-0.2, -0.15) is 5.10 Å². The lowest BCUT2D eigenvalue weighted by atomic mass is 9.99. The number of hydrogen-bond donors (Lipinski definition) is 2. The van der Waals surface area contributed by atoms with Crippen molar-refractivity contribution in [1.82, 2.24) is 15.5 Å². The molecule has 0 saturated carbocycles. The van der Waals surface area contributed by atoms with Crippen LogP contribution in [0.3, 0.4) is 0 Å². The highest BCUT2D eigenvalue weighted by Gasteiger charge is 2.27. The minimum atomic E-state index is -0.814. The molecule has 0 saturated heterocycles. The maximum Gasteiger partial charge on any atom is 0.328 e. The van der Waals surface area contributed by atoms with Gasteiger partial charge in [0.25, 0.3) is 11.5 Å². The molecule has 1 aromatic carbocycles. The Hall–Kier alpha value is -3.23. The van der Waals surface area contributed by atoms with E-state index in [0.717, 1.165) is 0 Å². The fraction of sp³-hybridized carbons (Fsp3) is 0.421. The van der Waals surface area contributed by atoms with Gasteiger partial charge in [-0.25, -0.2) is 9.89 Å². The Morgan fingerprint density at radius 3 is 2.54 bits per heavy atom. The van der Waals surface area contributed by atoms with Gasteiger partial charge < -0.3 is 14.8 Å². The number of aromatic nitrogens is 2. The number of H-pyrrole nitrogens is 1. The molecule has 150 valence electrons. The third kappa shape index (κ3) is 5.15. The van der Waals surface area contributed by atoms with Crippen LogP contribution in [0.2, 0.25) is 0 Å². The third-order valence-electron chi connectivity index (χ3n) is 4.44. The molecular weight excluding hydrogens is 366 g/mol. The quantitative estimate of drug-likeness (QED) is 0.637. The van der Waals surface area contributed by atoms with E-state index in [2.05, 4.69) is 15.5 Å². The fourth-order valence-corrected chi connectivity index (χ4v) is 2.65. The van der Waals surface area contributed by atoms with E-state index in [1.165, 1.54) is 7.11 Å². The summed E-state index contributed by atoms with van der Waals surface area (Å²) in [5.41, 5.74) is -0.0151. The van der Waals surface area contributed by atoms with Crippen molar-refractivity contribution in [2.45, 2.75) is 32.7 Å². The van der Waals surface area contributed by atoms with Crippen LogP contribution in [0.5, 0.6) is 0 Å². The molecule has 1 aromatic heterocycles. The van der Waals surface area contributed by atoms with Crippen LogP contribution in [-0.4, -0.2) is 47.8 Å². The van der Waals surface area contributed by atoms with Crippen LogP contribution in [0.25, 0.3) is 10.8 Å². The number of rotatable bonds is 8. The fourth-order valence-electron chi connectivity index (χ4n) is 2.65. The average molecular weight is 389 g/mol.